The van der Waals surface area contributed by atoms with E-state index in [0.717, 1.165) is 16.2 Å². The molecule has 0 bridgehead atoms. The van der Waals surface area contributed by atoms with E-state index in [0.29, 0.717) is 28.5 Å². The molecule has 2 aromatic heterocycles. The van der Waals surface area contributed by atoms with Crippen LogP contribution in [0.2, 0.25) is 0 Å². The number of nitrogens with one attached hydrogen (secondary N) is 1. The first-order valence-electron chi connectivity index (χ1n) is 8.77. The van der Waals surface area contributed by atoms with Gasteiger partial charge in [0.25, 0.3) is 5.91 Å². The van der Waals surface area contributed by atoms with Crippen molar-refractivity contribution in [2.24, 2.45) is 0 Å². The standard InChI is InChI=1S/C21H19N3O4S/c1-26-17-10-14(11-18(27-2)19(17)28-3)20(25)22-15-6-4-5-13(9-15)16-12-24-7-8-29-21(24)23-16/h4-12H,1-3H3,(H,22,25). The highest BCUT2D eigenvalue weighted by molar-refractivity contribution is 7.15. The number of amides is 1. The van der Waals surface area contributed by atoms with Gasteiger partial charge in [-0.15, -0.1) is 11.3 Å². The number of methoxy groups -OCH3 is 3. The molecular weight excluding hydrogens is 390 g/mol. The van der Waals surface area contributed by atoms with Crippen LogP contribution in [-0.4, -0.2) is 36.6 Å². The molecule has 0 spiro atoms. The lowest BCUT2D eigenvalue weighted by molar-refractivity contribution is 0.102. The molecule has 7 nitrogen and oxygen atoms in total. The van der Waals surface area contributed by atoms with Crippen molar-refractivity contribution in [3.63, 3.8) is 0 Å². The van der Waals surface area contributed by atoms with Crippen molar-refractivity contribution in [2.75, 3.05) is 26.6 Å². The molecule has 2 aromatic carbocycles. The Labute approximate surface area is 171 Å². The summed E-state index contributed by atoms with van der Waals surface area (Å²) in [4.78, 5) is 18.3. The van der Waals surface area contributed by atoms with Crippen molar-refractivity contribution in [3.05, 3.63) is 59.7 Å². The van der Waals surface area contributed by atoms with Crippen LogP contribution in [-0.2, 0) is 0 Å². The van der Waals surface area contributed by atoms with Gasteiger partial charge in [-0.2, -0.15) is 0 Å². The number of thiazole rings is 1. The first-order valence-corrected chi connectivity index (χ1v) is 9.65. The zero-order valence-electron chi connectivity index (χ0n) is 16.1. The maximum atomic E-state index is 12.8. The van der Waals surface area contributed by atoms with Crippen molar-refractivity contribution in [2.45, 2.75) is 0 Å². The number of hydrogen-bond acceptors (Lipinski definition) is 6. The summed E-state index contributed by atoms with van der Waals surface area (Å²) in [6.07, 6.45) is 3.93. The number of fused-ring (bicyclic) bond motifs is 1. The Morgan fingerprint density at radius 1 is 1.07 bits per heavy atom. The molecular formula is C21H19N3O4S. The molecule has 8 heteroatoms. The van der Waals surface area contributed by atoms with Crippen LogP contribution in [0.4, 0.5) is 5.69 Å². The fourth-order valence-corrected chi connectivity index (χ4v) is 3.74. The third-order valence-corrected chi connectivity index (χ3v) is 5.21. The molecule has 0 aliphatic rings. The molecule has 29 heavy (non-hydrogen) atoms. The van der Waals surface area contributed by atoms with Gasteiger partial charge in [-0.25, -0.2) is 4.98 Å². The second-order valence-corrected chi connectivity index (χ2v) is 7.04. The van der Waals surface area contributed by atoms with Crippen molar-refractivity contribution in [3.8, 4) is 28.5 Å². The second-order valence-electron chi connectivity index (χ2n) is 6.17. The van der Waals surface area contributed by atoms with E-state index in [9.17, 15) is 4.79 Å². The third kappa shape index (κ3) is 3.62. The minimum absolute atomic E-state index is 0.285. The summed E-state index contributed by atoms with van der Waals surface area (Å²) in [5.41, 5.74) is 2.83. The number of nitrogens with zero attached hydrogens (tertiary/aromatic N) is 2. The molecule has 0 aliphatic heterocycles. The van der Waals surface area contributed by atoms with Crippen molar-refractivity contribution < 1.29 is 19.0 Å². The number of ether oxygens (including phenoxy) is 3. The normalized spacial score (nSPS) is 10.7. The van der Waals surface area contributed by atoms with Gasteiger partial charge in [0, 0.05) is 34.6 Å². The lowest BCUT2D eigenvalue weighted by atomic mass is 10.1. The van der Waals surface area contributed by atoms with E-state index >= 15 is 0 Å². The predicted molar refractivity (Wildman–Crippen MR) is 113 cm³/mol. The van der Waals surface area contributed by atoms with Gasteiger partial charge in [0.15, 0.2) is 16.5 Å². The molecule has 1 amide bonds. The summed E-state index contributed by atoms with van der Waals surface area (Å²) < 4.78 is 17.9. The molecule has 2 heterocycles. The number of rotatable bonds is 6. The second kappa shape index (κ2) is 7.84. The minimum atomic E-state index is -0.285. The summed E-state index contributed by atoms with van der Waals surface area (Å²) in [6, 6.07) is 10.8. The van der Waals surface area contributed by atoms with Crippen LogP contribution in [0.5, 0.6) is 17.2 Å². The van der Waals surface area contributed by atoms with Gasteiger partial charge in [0.1, 0.15) is 0 Å². The highest BCUT2D eigenvalue weighted by Gasteiger charge is 2.17. The van der Waals surface area contributed by atoms with Crippen molar-refractivity contribution in [1.82, 2.24) is 9.38 Å². The highest BCUT2D eigenvalue weighted by atomic mass is 32.1. The SMILES string of the molecule is COc1cc(C(=O)Nc2cccc(-c3cn4ccsc4n3)c2)cc(OC)c1OC. The summed E-state index contributed by atoms with van der Waals surface area (Å²) >= 11 is 1.57. The van der Waals surface area contributed by atoms with E-state index in [1.54, 1.807) is 23.5 Å². The molecule has 4 rings (SSSR count). The monoisotopic (exact) mass is 409 g/mol. The number of carbonyl (C=O) groups excluding carboxylic acids is 1. The quantitative estimate of drug-likeness (QED) is 0.513. The van der Waals surface area contributed by atoms with Gasteiger partial charge < -0.3 is 19.5 Å². The molecule has 0 aliphatic carbocycles. The van der Waals surface area contributed by atoms with Crippen molar-refractivity contribution >= 4 is 27.9 Å². The molecule has 0 radical (unpaired) electrons. The topological polar surface area (TPSA) is 74.1 Å². The molecule has 148 valence electrons. The van der Waals surface area contributed by atoms with Crippen LogP contribution in [0.3, 0.4) is 0 Å². The molecule has 1 N–H and O–H groups in total. The van der Waals surface area contributed by atoms with E-state index in [-0.39, 0.29) is 5.91 Å². The van der Waals surface area contributed by atoms with E-state index in [4.69, 9.17) is 14.2 Å². The maximum absolute atomic E-state index is 12.8. The summed E-state index contributed by atoms with van der Waals surface area (Å²) in [5, 5.41) is 4.90. The molecule has 0 saturated carbocycles. The molecule has 0 saturated heterocycles. The predicted octanol–water partition coefficient (Wildman–Crippen LogP) is 4.34. The van der Waals surface area contributed by atoms with Crippen LogP contribution >= 0.6 is 11.3 Å². The molecule has 0 atom stereocenters. The summed E-state index contributed by atoms with van der Waals surface area (Å²) in [5.74, 6) is 0.994. The molecule has 0 unspecified atom stereocenters. The van der Waals surface area contributed by atoms with Crippen LogP contribution < -0.4 is 19.5 Å². The minimum Gasteiger partial charge on any atom is -0.493 e. The van der Waals surface area contributed by atoms with Gasteiger partial charge in [-0.05, 0) is 24.3 Å². The summed E-state index contributed by atoms with van der Waals surface area (Å²) in [6.45, 7) is 0. The lowest BCUT2D eigenvalue weighted by Crippen LogP contribution is -2.12. The van der Waals surface area contributed by atoms with Gasteiger partial charge in [0.2, 0.25) is 5.75 Å². The van der Waals surface area contributed by atoms with E-state index in [2.05, 4.69) is 10.3 Å². The van der Waals surface area contributed by atoms with Gasteiger partial charge in [-0.3, -0.25) is 9.20 Å². The largest absolute Gasteiger partial charge is 0.493 e. The van der Waals surface area contributed by atoms with Gasteiger partial charge in [-0.1, -0.05) is 12.1 Å². The number of imidazole rings is 1. The smallest absolute Gasteiger partial charge is 0.255 e. The highest BCUT2D eigenvalue weighted by Crippen LogP contribution is 2.38. The Bertz CT molecular complexity index is 1130. The summed E-state index contributed by atoms with van der Waals surface area (Å²) in [7, 11) is 4.54. The van der Waals surface area contributed by atoms with Gasteiger partial charge in [0.05, 0.1) is 27.0 Å². The number of aromatic nitrogens is 2. The average Bonchev–Trinajstić information content (AvgIpc) is 3.35. The van der Waals surface area contributed by atoms with Crippen LogP contribution in [0.1, 0.15) is 10.4 Å². The molecule has 4 aromatic rings. The lowest BCUT2D eigenvalue weighted by Gasteiger charge is -2.14. The Morgan fingerprint density at radius 2 is 1.83 bits per heavy atom. The number of benzene rings is 2. The van der Waals surface area contributed by atoms with E-state index < -0.39 is 0 Å². The maximum Gasteiger partial charge on any atom is 0.255 e. The Kier molecular flexibility index (Phi) is 5.09. The number of carbonyl (C=O) groups is 1. The number of hydrogen-bond donors (Lipinski definition) is 1. The van der Waals surface area contributed by atoms with Crippen LogP contribution in [0.25, 0.3) is 16.2 Å². The zero-order valence-corrected chi connectivity index (χ0v) is 16.9. The average molecular weight is 409 g/mol. The van der Waals surface area contributed by atoms with E-state index in [1.807, 2.05) is 46.4 Å². The third-order valence-electron chi connectivity index (χ3n) is 4.44. The number of anilines is 1. The molecule has 0 fully saturated rings. The van der Waals surface area contributed by atoms with E-state index in [1.165, 1.54) is 21.3 Å². The first-order chi connectivity index (χ1) is 14.1. The Morgan fingerprint density at radius 3 is 2.48 bits per heavy atom. The fraction of sp³-hybridized carbons (Fsp3) is 0.143. The Balaban J connectivity index is 1.61. The van der Waals surface area contributed by atoms with Crippen LogP contribution in [0.15, 0.2) is 54.2 Å². The van der Waals surface area contributed by atoms with Crippen molar-refractivity contribution in [1.29, 1.82) is 0 Å². The van der Waals surface area contributed by atoms with Gasteiger partial charge >= 0.3 is 0 Å². The first kappa shape index (κ1) is 18.8. The fourth-order valence-electron chi connectivity index (χ4n) is 3.04. The Hall–Kier alpha value is -3.52. The zero-order chi connectivity index (χ0) is 20.4. The van der Waals surface area contributed by atoms with Crippen LogP contribution in [0, 0.1) is 0 Å².